The summed E-state index contributed by atoms with van der Waals surface area (Å²) in [5.41, 5.74) is 10.3. The van der Waals surface area contributed by atoms with E-state index >= 15 is 0 Å². The average molecular weight is 405 g/mol. The van der Waals surface area contributed by atoms with E-state index in [2.05, 4.69) is 10.6 Å². The molecule has 13 heteroatoms. The number of aliphatic hydroxyl groups is 2. The van der Waals surface area contributed by atoms with Gasteiger partial charge in [-0.25, -0.2) is 4.79 Å². The summed E-state index contributed by atoms with van der Waals surface area (Å²) >= 11 is 0. The van der Waals surface area contributed by atoms with Crippen LogP contribution in [0.3, 0.4) is 0 Å². The zero-order valence-corrected chi connectivity index (χ0v) is 15.5. The van der Waals surface area contributed by atoms with Crippen LogP contribution in [0.25, 0.3) is 0 Å². The Morgan fingerprint density at radius 3 is 1.79 bits per heavy atom. The van der Waals surface area contributed by atoms with Gasteiger partial charge in [-0.05, 0) is 5.92 Å². The summed E-state index contributed by atoms with van der Waals surface area (Å²) in [7, 11) is 0. The lowest BCUT2D eigenvalue weighted by atomic mass is 10.0. The van der Waals surface area contributed by atoms with Gasteiger partial charge in [-0.15, -0.1) is 0 Å². The number of amides is 4. The number of nitrogens with two attached hydrogens (primary N) is 2. The fraction of sp³-hybridized carbons (Fsp3) is 0.667. The Morgan fingerprint density at radius 1 is 0.857 bits per heavy atom. The number of nitrogens with one attached hydrogen (secondary N) is 3. The van der Waals surface area contributed by atoms with Crippen LogP contribution in [-0.2, 0) is 24.0 Å². The Kier molecular flexibility index (Phi) is 10.7. The summed E-state index contributed by atoms with van der Waals surface area (Å²) in [6.45, 7) is 1.67. The lowest BCUT2D eigenvalue weighted by molar-refractivity contribution is -0.144. The summed E-state index contributed by atoms with van der Waals surface area (Å²) in [5, 5.41) is 33.7. The van der Waals surface area contributed by atoms with E-state index in [0.29, 0.717) is 0 Å². The molecule has 0 heterocycles. The minimum Gasteiger partial charge on any atom is -0.480 e. The largest absolute Gasteiger partial charge is 0.480 e. The first-order chi connectivity index (χ1) is 12.9. The zero-order valence-electron chi connectivity index (χ0n) is 15.5. The maximum atomic E-state index is 12.4. The molecule has 0 aliphatic rings. The number of aliphatic carboxylic acids is 1. The van der Waals surface area contributed by atoms with Gasteiger partial charge in [0.1, 0.15) is 24.2 Å². The van der Waals surface area contributed by atoms with Crippen LogP contribution >= 0.6 is 0 Å². The van der Waals surface area contributed by atoms with Crippen LogP contribution in [0.2, 0.25) is 0 Å². The molecular formula is C15H27N5O8. The third-order valence-electron chi connectivity index (χ3n) is 3.62. The summed E-state index contributed by atoms with van der Waals surface area (Å²) in [4.78, 5) is 58.3. The van der Waals surface area contributed by atoms with Crippen molar-refractivity contribution in [2.24, 2.45) is 17.4 Å². The van der Waals surface area contributed by atoms with Crippen LogP contribution < -0.4 is 27.4 Å². The minimum atomic E-state index is -1.64. The molecule has 0 saturated carbocycles. The molecule has 160 valence electrons. The lowest BCUT2D eigenvalue weighted by Gasteiger charge is -2.26. The summed E-state index contributed by atoms with van der Waals surface area (Å²) in [6.07, 6.45) is -0.684. The quantitative estimate of drug-likeness (QED) is 0.156. The molecule has 0 aromatic carbocycles. The Balaban J connectivity index is 5.15. The number of carbonyl (C=O) groups excluding carboxylic acids is 4. The molecule has 0 aromatic heterocycles. The molecular weight excluding hydrogens is 378 g/mol. The highest BCUT2D eigenvalue weighted by molar-refractivity contribution is 5.95. The van der Waals surface area contributed by atoms with Gasteiger partial charge in [0, 0.05) is 0 Å². The summed E-state index contributed by atoms with van der Waals surface area (Å²) in [6, 6.07) is -5.59. The van der Waals surface area contributed by atoms with E-state index in [1.165, 1.54) is 0 Å². The molecule has 13 nitrogen and oxygen atoms in total. The van der Waals surface area contributed by atoms with Gasteiger partial charge in [0.05, 0.1) is 19.6 Å². The molecule has 0 aliphatic carbocycles. The average Bonchev–Trinajstić information content (AvgIpc) is 2.61. The zero-order chi connectivity index (χ0) is 22.0. The number of rotatable bonds is 12. The second-order valence-electron chi connectivity index (χ2n) is 6.33. The third kappa shape index (κ3) is 8.28. The minimum absolute atomic E-state index is 0.445. The monoisotopic (exact) mass is 405 g/mol. The first-order valence-corrected chi connectivity index (χ1v) is 8.34. The summed E-state index contributed by atoms with van der Waals surface area (Å²) in [5.74, 6) is -5.65. The molecule has 0 spiro atoms. The highest BCUT2D eigenvalue weighted by Gasteiger charge is 2.31. The van der Waals surface area contributed by atoms with E-state index in [0.717, 1.165) is 0 Å². The molecule has 4 atom stereocenters. The van der Waals surface area contributed by atoms with Gasteiger partial charge >= 0.3 is 5.97 Å². The predicted octanol–water partition coefficient (Wildman–Crippen LogP) is -4.63. The van der Waals surface area contributed by atoms with Gasteiger partial charge in [-0.1, -0.05) is 13.8 Å². The molecule has 0 rings (SSSR count). The number of carboxylic acid groups (broad SMARTS) is 1. The molecule has 4 amide bonds. The van der Waals surface area contributed by atoms with Gasteiger partial charge in [0.2, 0.25) is 23.6 Å². The highest BCUT2D eigenvalue weighted by atomic mass is 16.4. The van der Waals surface area contributed by atoms with Crippen molar-refractivity contribution in [1.82, 2.24) is 16.0 Å². The SMILES string of the molecule is CC(C)C(NC(=O)C(N)CO)C(=O)NC(CO)C(=O)NC(CC(N)=O)C(=O)O. The van der Waals surface area contributed by atoms with E-state index in [-0.39, 0.29) is 0 Å². The maximum Gasteiger partial charge on any atom is 0.326 e. The Bertz CT molecular complexity index is 597. The Morgan fingerprint density at radius 2 is 1.39 bits per heavy atom. The molecule has 0 aliphatic heterocycles. The number of hydrogen-bond donors (Lipinski definition) is 8. The van der Waals surface area contributed by atoms with Crippen LogP contribution in [0.1, 0.15) is 20.3 Å². The first kappa shape index (κ1) is 25.2. The van der Waals surface area contributed by atoms with Crippen molar-refractivity contribution in [2.75, 3.05) is 13.2 Å². The molecule has 0 aromatic rings. The maximum absolute atomic E-state index is 12.4. The van der Waals surface area contributed by atoms with E-state index < -0.39 is 79.3 Å². The number of carboxylic acids is 1. The van der Waals surface area contributed by atoms with Crippen LogP contribution in [0.15, 0.2) is 0 Å². The smallest absolute Gasteiger partial charge is 0.326 e. The fourth-order valence-corrected chi connectivity index (χ4v) is 2.01. The fourth-order valence-electron chi connectivity index (χ4n) is 2.01. The van der Waals surface area contributed by atoms with Crippen LogP contribution in [0.5, 0.6) is 0 Å². The van der Waals surface area contributed by atoms with Crippen molar-refractivity contribution in [3.05, 3.63) is 0 Å². The second kappa shape index (κ2) is 11.8. The van der Waals surface area contributed by atoms with Crippen LogP contribution in [0, 0.1) is 5.92 Å². The molecule has 0 fully saturated rings. The number of hydrogen-bond acceptors (Lipinski definition) is 8. The van der Waals surface area contributed by atoms with E-state index in [1.54, 1.807) is 13.8 Å². The van der Waals surface area contributed by atoms with Gasteiger partial charge < -0.3 is 42.7 Å². The van der Waals surface area contributed by atoms with Crippen molar-refractivity contribution in [3.63, 3.8) is 0 Å². The second-order valence-corrected chi connectivity index (χ2v) is 6.33. The molecule has 28 heavy (non-hydrogen) atoms. The normalized spacial score (nSPS) is 15.1. The Hall–Kier alpha value is -2.77. The third-order valence-corrected chi connectivity index (χ3v) is 3.62. The first-order valence-electron chi connectivity index (χ1n) is 8.34. The molecule has 0 saturated heterocycles. The topological polar surface area (TPSA) is 234 Å². The van der Waals surface area contributed by atoms with Crippen molar-refractivity contribution in [1.29, 1.82) is 0 Å². The van der Waals surface area contributed by atoms with Crippen molar-refractivity contribution in [3.8, 4) is 0 Å². The van der Waals surface area contributed by atoms with E-state index in [4.69, 9.17) is 21.7 Å². The van der Waals surface area contributed by atoms with Crippen molar-refractivity contribution < 1.29 is 39.3 Å². The van der Waals surface area contributed by atoms with Gasteiger partial charge in [-0.2, -0.15) is 0 Å². The number of carbonyl (C=O) groups is 5. The molecule has 10 N–H and O–H groups in total. The van der Waals surface area contributed by atoms with Crippen molar-refractivity contribution >= 4 is 29.6 Å². The highest BCUT2D eigenvalue weighted by Crippen LogP contribution is 2.03. The van der Waals surface area contributed by atoms with E-state index in [1.807, 2.05) is 5.32 Å². The van der Waals surface area contributed by atoms with Crippen molar-refractivity contribution in [2.45, 2.75) is 44.4 Å². The number of primary amides is 1. The van der Waals surface area contributed by atoms with Gasteiger partial charge in [0.25, 0.3) is 0 Å². The number of aliphatic hydroxyl groups excluding tert-OH is 2. The van der Waals surface area contributed by atoms with Gasteiger partial charge in [-0.3, -0.25) is 19.2 Å². The summed E-state index contributed by atoms with van der Waals surface area (Å²) < 4.78 is 0. The van der Waals surface area contributed by atoms with Gasteiger partial charge in [0.15, 0.2) is 0 Å². The van der Waals surface area contributed by atoms with Crippen LogP contribution in [-0.4, -0.2) is 82.3 Å². The molecule has 0 radical (unpaired) electrons. The van der Waals surface area contributed by atoms with E-state index in [9.17, 15) is 29.1 Å². The lowest BCUT2D eigenvalue weighted by Crippen LogP contribution is -2.59. The molecule has 4 unspecified atom stereocenters. The predicted molar refractivity (Wildman–Crippen MR) is 94.2 cm³/mol. The van der Waals surface area contributed by atoms with Crippen LogP contribution in [0.4, 0.5) is 0 Å². The Labute approximate surface area is 160 Å². The molecule has 0 bridgehead atoms. The standard InChI is InChI=1S/C15H27N5O8/c1-6(2)11(20-12(24)7(16)4-21)14(26)19-9(5-22)13(25)18-8(15(27)28)3-10(17)23/h6-9,11,21-22H,3-5,16H2,1-2H3,(H2,17,23)(H,18,25)(H,19,26)(H,20,24)(H,27,28).